The smallest absolute Gasteiger partial charge is 0.0413 e. The molecule has 1 aliphatic rings. The van der Waals surface area contributed by atoms with E-state index in [-0.39, 0.29) is 11.6 Å². The van der Waals surface area contributed by atoms with Crippen LogP contribution in [0.5, 0.6) is 0 Å². The third kappa shape index (κ3) is 2.82. The molecule has 0 bridgehead atoms. The normalized spacial score (nSPS) is 22.5. The van der Waals surface area contributed by atoms with Crippen molar-refractivity contribution in [3.05, 3.63) is 11.6 Å². The van der Waals surface area contributed by atoms with Crippen molar-refractivity contribution in [1.82, 2.24) is 4.90 Å². The van der Waals surface area contributed by atoms with E-state index in [0.717, 1.165) is 0 Å². The minimum absolute atomic E-state index is 0.179. The van der Waals surface area contributed by atoms with Gasteiger partial charge in [-0.1, -0.05) is 30.9 Å². The molecular formula is C13H26N2. The van der Waals surface area contributed by atoms with Crippen molar-refractivity contribution in [3.63, 3.8) is 0 Å². The molecule has 2 heteroatoms. The second kappa shape index (κ2) is 5.13. The SMILES string of the molecule is CC(C)=CC(N)C1(N(C)C)CCCCC1. The Hall–Kier alpha value is -0.340. The highest BCUT2D eigenvalue weighted by Crippen LogP contribution is 2.35. The average molecular weight is 210 g/mol. The zero-order valence-electron chi connectivity index (χ0n) is 10.7. The van der Waals surface area contributed by atoms with Crippen LogP contribution in [-0.2, 0) is 0 Å². The molecule has 1 rings (SSSR count). The van der Waals surface area contributed by atoms with Gasteiger partial charge in [-0.2, -0.15) is 0 Å². The predicted molar refractivity (Wildman–Crippen MR) is 66.9 cm³/mol. The van der Waals surface area contributed by atoms with Crippen molar-refractivity contribution in [2.24, 2.45) is 5.73 Å². The van der Waals surface area contributed by atoms with E-state index < -0.39 is 0 Å². The molecular weight excluding hydrogens is 184 g/mol. The number of allylic oxidation sites excluding steroid dienone is 1. The second-order valence-corrected chi connectivity index (χ2v) is 5.33. The lowest BCUT2D eigenvalue weighted by Crippen LogP contribution is -2.57. The number of likely N-dealkylation sites (N-methyl/N-ethyl adjacent to an activating group) is 1. The van der Waals surface area contributed by atoms with Gasteiger partial charge in [-0.05, 0) is 40.8 Å². The first-order valence-electron chi connectivity index (χ1n) is 6.07. The van der Waals surface area contributed by atoms with Gasteiger partial charge in [0.15, 0.2) is 0 Å². The summed E-state index contributed by atoms with van der Waals surface area (Å²) < 4.78 is 0. The van der Waals surface area contributed by atoms with Crippen LogP contribution in [-0.4, -0.2) is 30.6 Å². The maximum absolute atomic E-state index is 6.37. The molecule has 2 nitrogen and oxygen atoms in total. The molecule has 88 valence electrons. The third-order valence-electron chi connectivity index (χ3n) is 3.74. The van der Waals surface area contributed by atoms with Crippen LogP contribution in [0.2, 0.25) is 0 Å². The molecule has 0 radical (unpaired) electrons. The van der Waals surface area contributed by atoms with E-state index in [1.807, 2.05) is 0 Å². The maximum atomic E-state index is 6.37. The molecule has 1 atom stereocenters. The van der Waals surface area contributed by atoms with Crippen molar-refractivity contribution >= 4 is 0 Å². The van der Waals surface area contributed by atoms with Gasteiger partial charge >= 0.3 is 0 Å². The first-order chi connectivity index (χ1) is 6.99. The zero-order chi connectivity index (χ0) is 11.5. The Morgan fingerprint density at radius 1 is 1.20 bits per heavy atom. The van der Waals surface area contributed by atoms with E-state index in [0.29, 0.717) is 0 Å². The summed E-state index contributed by atoms with van der Waals surface area (Å²) in [6, 6.07) is 0.179. The zero-order valence-corrected chi connectivity index (χ0v) is 10.7. The van der Waals surface area contributed by atoms with Gasteiger partial charge < -0.3 is 10.6 Å². The molecule has 0 aromatic heterocycles. The van der Waals surface area contributed by atoms with Crippen LogP contribution < -0.4 is 5.73 Å². The molecule has 15 heavy (non-hydrogen) atoms. The quantitative estimate of drug-likeness (QED) is 0.725. The fourth-order valence-electron chi connectivity index (χ4n) is 2.76. The Kier molecular flexibility index (Phi) is 4.35. The van der Waals surface area contributed by atoms with Gasteiger partial charge in [0, 0.05) is 11.6 Å². The lowest BCUT2D eigenvalue weighted by Gasteiger charge is -2.46. The van der Waals surface area contributed by atoms with E-state index >= 15 is 0 Å². The van der Waals surface area contributed by atoms with E-state index in [1.54, 1.807) is 0 Å². The topological polar surface area (TPSA) is 29.3 Å². The third-order valence-corrected chi connectivity index (χ3v) is 3.74. The largest absolute Gasteiger partial charge is 0.323 e. The number of hydrogen-bond acceptors (Lipinski definition) is 2. The Bertz CT molecular complexity index is 221. The minimum atomic E-state index is 0.179. The van der Waals surface area contributed by atoms with Crippen LogP contribution in [0, 0.1) is 0 Å². The summed E-state index contributed by atoms with van der Waals surface area (Å²) in [6.07, 6.45) is 8.73. The van der Waals surface area contributed by atoms with Crippen molar-refractivity contribution < 1.29 is 0 Å². The summed E-state index contributed by atoms with van der Waals surface area (Å²) in [4.78, 5) is 2.34. The summed E-state index contributed by atoms with van der Waals surface area (Å²) in [7, 11) is 4.34. The van der Waals surface area contributed by atoms with Crippen LogP contribution in [0.25, 0.3) is 0 Å². The summed E-state index contributed by atoms with van der Waals surface area (Å²) in [5.41, 5.74) is 7.90. The molecule has 1 fully saturated rings. The van der Waals surface area contributed by atoms with Crippen LogP contribution >= 0.6 is 0 Å². The van der Waals surface area contributed by atoms with Crippen LogP contribution in [0.1, 0.15) is 46.0 Å². The van der Waals surface area contributed by atoms with Crippen molar-refractivity contribution in [1.29, 1.82) is 0 Å². The molecule has 0 heterocycles. The van der Waals surface area contributed by atoms with Crippen molar-refractivity contribution in [2.75, 3.05) is 14.1 Å². The summed E-state index contributed by atoms with van der Waals surface area (Å²) in [6.45, 7) is 4.26. The van der Waals surface area contributed by atoms with Crippen LogP contribution in [0.4, 0.5) is 0 Å². The fraction of sp³-hybridized carbons (Fsp3) is 0.846. The Morgan fingerprint density at radius 3 is 2.13 bits per heavy atom. The van der Waals surface area contributed by atoms with Gasteiger partial charge in [-0.15, -0.1) is 0 Å². The predicted octanol–water partition coefficient (Wildman–Crippen LogP) is 2.54. The molecule has 2 N–H and O–H groups in total. The molecule has 0 saturated heterocycles. The molecule has 1 aliphatic carbocycles. The molecule has 0 aliphatic heterocycles. The van der Waals surface area contributed by atoms with E-state index in [9.17, 15) is 0 Å². The van der Waals surface area contributed by atoms with E-state index in [4.69, 9.17) is 5.73 Å². The highest BCUT2D eigenvalue weighted by atomic mass is 15.2. The molecule has 0 aromatic rings. The summed E-state index contributed by atoms with van der Waals surface area (Å²) in [5, 5.41) is 0. The van der Waals surface area contributed by atoms with Crippen molar-refractivity contribution in [3.8, 4) is 0 Å². The lowest BCUT2D eigenvalue weighted by atomic mass is 9.75. The van der Waals surface area contributed by atoms with E-state index in [2.05, 4.69) is 38.9 Å². The highest BCUT2D eigenvalue weighted by molar-refractivity contribution is 5.11. The number of nitrogens with zero attached hydrogens (tertiary/aromatic N) is 1. The van der Waals surface area contributed by atoms with Crippen molar-refractivity contribution in [2.45, 2.75) is 57.5 Å². The number of hydrogen-bond donors (Lipinski definition) is 1. The standard InChI is InChI=1S/C13H26N2/c1-11(2)10-12(14)13(15(3)4)8-6-5-7-9-13/h10,12H,5-9,14H2,1-4H3. The molecule has 0 spiro atoms. The first kappa shape index (κ1) is 12.7. The Morgan fingerprint density at radius 2 is 1.73 bits per heavy atom. The number of nitrogens with two attached hydrogens (primary N) is 1. The molecule has 1 unspecified atom stereocenters. The fourth-order valence-corrected chi connectivity index (χ4v) is 2.76. The van der Waals surface area contributed by atoms with Gasteiger partial charge in [0.1, 0.15) is 0 Å². The first-order valence-corrected chi connectivity index (χ1v) is 6.07. The van der Waals surface area contributed by atoms with Crippen LogP contribution in [0.15, 0.2) is 11.6 Å². The minimum Gasteiger partial charge on any atom is -0.323 e. The van der Waals surface area contributed by atoms with Crippen LogP contribution in [0.3, 0.4) is 0 Å². The Labute approximate surface area is 94.5 Å². The van der Waals surface area contributed by atoms with E-state index in [1.165, 1.54) is 37.7 Å². The lowest BCUT2D eigenvalue weighted by molar-refractivity contribution is 0.0864. The average Bonchev–Trinajstić information content (AvgIpc) is 2.17. The van der Waals surface area contributed by atoms with Gasteiger partial charge in [-0.25, -0.2) is 0 Å². The van der Waals surface area contributed by atoms with Gasteiger partial charge in [0.25, 0.3) is 0 Å². The summed E-state index contributed by atoms with van der Waals surface area (Å²) >= 11 is 0. The number of rotatable bonds is 3. The molecule has 0 aromatic carbocycles. The molecule has 1 saturated carbocycles. The Balaban J connectivity index is 2.84. The molecule has 0 amide bonds. The van der Waals surface area contributed by atoms with Gasteiger partial charge in [0.2, 0.25) is 0 Å². The summed E-state index contributed by atoms with van der Waals surface area (Å²) in [5.74, 6) is 0. The highest BCUT2D eigenvalue weighted by Gasteiger charge is 2.38. The van der Waals surface area contributed by atoms with Gasteiger partial charge in [-0.3, -0.25) is 0 Å². The van der Waals surface area contributed by atoms with Gasteiger partial charge in [0.05, 0.1) is 0 Å². The second-order valence-electron chi connectivity index (χ2n) is 5.33. The maximum Gasteiger partial charge on any atom is 0.0413 e. The monoisotopic (exact) mass is 210 g/mol.